The Bertz CT molecular complexity index is 595. The molecule has 0 saturated heterocycles. The van der Waals surface area contributed by atoms with Crippen molar-refractivity contribution in [1.82, 2.24) is 9.78 Å². The van der Waals surface area contributed by atoms with Gasteiger partial charge >= 0.3 is 0 Å². The minimum absolute atomic E-state index is 0.144. The molecule has 0 bridgehead atoms. The van der Waals surface area contributed by atoms with Crippen molar-refractivity contribution in [2.24, 2.45) is 5.73 Å². The van der Waals surface area contributed by atoms with Crippen molar-refractivity contribution in [2.45, 2.75) is 39.3 Å². The zero-order valence-electron chi connectivity index (χ0n) is 11.7. The largest absolute Gasteiger partial charge is 0.324 e. The zero-order valence-corrected chi connectivity index (χ0v) is 13.9. The topological polar surface area (TPSA) is 43.8 Å². The van der Waals surface area contributed by atoms with E-state index >= 15 is 0 Å². The van der Waals surface area contributed by atoms with Crippen molar-refractivity contribution >= 4 is 22.6 Å². The van der Waals surface area contributed by atoms with E-state index in [0.717, 1.165) is 33.5 Å². The van der Waals surface area contributed by atoms with E-state index in [1.165, 1.54) is 12.1 Å². The average Bonchev–Trinajstić information content (AvgIpc) is 2.80. The van der Waals surface area contributed by atoms with Gasteiger partial charge < -0.3 is 5.73 Å². The Morgan fingerprint density at radius 2 is 2.10 bits per heavy atom. The number of hydrogen-bond acceptors (Lipinski definition) is 2. The Morgan fingerprint density at radius 3 is 2.70 bits per heavy atom. The quantitative estimate of drug-likeness (QED) is 0.799. The fourth-order valence-corrected chi connectivity index (χ4v) is 3.14. The predicted octanol–water partition coefficient (Wildman–Crippen LogP) is 3.45. The Kier molecular flexibility index (Phi) is 5.15. The molecular weight excluding hydrogens is 368 g/mol. The first-order valence-electron chi connectivity index (χ1n) is 6.81. The van der Waals surface area contributed by atoms with Gasteiger partial charge in [0.1, 0.15) is 5.82 Å². The Morgan fingerprint density at radius 1 is 1.35 bits per heavy atom. The second kappa shape index (κ2) is 6.67. The fourth-order valence-electron chi connectivity index (χ4n) is 2.26. The summed E-state index contributed by atoms with van der Waals surface area (Å²) in [6, 6.07) is 6.72. The van der Waals surface area contributed by atoms with Crippen molar-refractivity contribution in [1.29, 1.82) is 0 Å². The molecule has 0 spiro atoms. The summed E-state index contributed by atoms with van der Waals surface area (Å²) < 4.78 is 16.0. The van der Waals surface area contributed by atoms with Crippen LogP contribution in [-0.4, -0.2) is 9.78 Å². The predicted molar refractivity (Wildman–Crippen MR) is 87.0 cm³/mol. The average molecular weight is 387 g/mol. The first-order valence-corrected chi connectivity index (χ1v) is 7.89. The molecule has 20 heavy (non-hydrogen) atoms. The molecule has 1 aromatic carbocycles. The van der Waals surface area contributed by atoms with Gasteiger partial charge in [-0.25, -0.2) is 4.39 Å². The smallest absolute Gasteiger partial charge is 0.124 e. The molecule has 1 heterocycles. The summed E-state index contributed by atoms with van der Waals surface area (Å²) in [5.41, 5.74) is 9.49. The maximum absolute atomic E-state index is 13.1. The van der Waals surface area contributed by atoms with Gasteiger partial charge in [0.05, 0.1) is 5.69 Å². The van der Waals surface area contributed by atoms with Gasteiger partial charge in [-0.1, -0.05) is 13.0 Å². The Labute approximate surface area is 132 Å². The van der Waals surface area contributed by atoms with Crippen molar-refractivity contribution in [3.8, 4) is 0 Å². The van der Waals surface area contributed by atoms with Crippen LogP contribution in [0.4, 0.5) is 4.39 Å². The first-order chi connectivity index (χ1) is 9.55. The molecule has 108 valence electrons. The summed E-state index contributed by atoms with van der Waals surface area (Å²) in [7, 11) is 0. The molecule has 1 atom stereocenters. The molecule has 0 radical (unpaired) electrons. The number of rotatable bonds is 5. The van der Waals surface area contributed by atoms with Crippen LogP contribution in [0.5, 0.6) is 0 Å². The molecule has 2 rings (SSSR count). The van der Waals surface area contributed by atoms with Crippen LogP contribution in [0.3, 0.4) is 0 Å². The van der Waals surface area contributed by atoms with Crippen LogP contribution in [0.1, 0.15) is 36.8 Å². The molecule has 2 N–H and O–H groups in total. The van der Waals surface area contributed by atoms with E-state index in [0.29, 0.717) is 6.42 Å². The highest BCUT2D eigenvalue weighted by Gasteiger charge is 2.15. The Hall–Kier alpha value is -0.950. The number of aryl methyl sites for hydroxylation is 2. The van der Waals surface area contributed by atoms with Crippen molar-refractivity contribution in [2.75, 3.05) is 0 Å². The second-order valence-electron chi connectivity index (χ2n) is 4.77. The number of benzene rings is 1. The molecule has 0 aliphatic carbocycles. The van der Waals surface area contributed by atoms with Crippen LogP contribution in [0, 0.1) is 9.39 Å². The van der Waals surface area contributed by atoms with Crippen LogP contribution in [-0.2, 0) is 19.4 Å². The van der Waals surface area contributed by atoms with E-state index in [1.807, 2.05) is 4.68 Å². The number of nitrogens with zero attached hydrogens (tertiary/aromatic N) is 2. The molecule has 1 aromatic heterocycles. The minimum Gasteiger partial charge on any atom is -0.324 e. The van der Waals surface area contributed by atoms with Crippen LogP contribution in [0.2, 0.25) is 0 Å². The third-order valence-electron chi connectivity index (χ3n) is 3.37. The maximum Gasteiger partial charge on any atom is 0.124 e. The summed E-state index contributed by atoms with van der Waals surface area (Å²) in [5.74, 6) is -0.225. The summed E-state index contributed by atoms with van der Waals surface area (Å²) in [6.07, 6.45) is 1.63. The van der Waals surface area contributed by atoms with Gasteiger partial charge in [0, 0.05) is 28.3 Å². The molecule has 0 saturated carbocycles. The lowest BCUT2D eigenvalue weighted by molar-refractivity contribution is 0.582. The van der Waals surface area contributed by atoms with Gasteiger partial charge in [0.25, 0.3) is 0 Å². The molecule has 0 aliphatic heterocycles. The van der Waals surface area contributed by atoms with E-state index in [9.17, 15) is 4.39 Å². The summed E-state index contributed by atoms with van der Waals surface area (Å²) in [5, 5.41) is 4.53. The van der Waals surface area contributed by atoms with Gasteiger partial charge in [-0.2, -0.15) is 5.10 Å². The molecule has 2 aromatic rings. The molecule has 5 heteroatoms. The van der Waals surface area contributed by atoms with Crippen molar-refractivity contribution in [3.63, 3.8) is 0 Å². The zero-order chi connectivity index (χ0) is 14.7. The van der Waals surface area contributed by atoms with Gasteiger partial charge in [0.2, 0.25) is 0 Å². The third-order valence-corrected chi connectivity index (χ3v) is 4.30. The molecular formula is C15H19FIN3. The van der Waals surface area contributed by atoms with E-state index in [1.54, 1.807) is 6.07 Å². The standard InChI is InChI=1S/C15H19FIN3/c1-3-11-8-12(20(4-2)19-11)9-15(18)13-6-5-10(16)7-14(13)17/h5-8,15H,3-4,9,18H2,1-2H3. The van der Waals surface area contributed by atoms with Crippen LogP contribution >= 0.6 is 22.6 Å². The van der Waals surface area contributed by atoms with Gasteiger partial charge in [0.15, 0.2) is 0 Å². The van der Waals surface area contributed by atoms with Gasteiger partial charge in [-0.3, -0.25) is 4.68 Å². The molecule has 0 amide bonds. The molecule has 0 fully saturated rings. The van der Waals surface area contributed by atoms with Crippen LogP contribution in [0.25, 0.3) is 0 Å². The minimum atomic E-state index is -0.225. The number of halogens is 2. The van der Waals surface area contributed by atoms with Gasteiger partial charge in [-0.15, -0.1) is 0 Å². The fraction of sp³-hybridized carbons (Fsp3) is 0.400. The Balaban J connectivity index is 2.22. The highest BCUT2D eigenvalue weighted by molar-refractivity contribution is 14.1. The lowest BCUT2D eigenvalue weighted by Gasteiger charge is -2.14. The van der Waals surface area contributed by atoms with E-state index < -0.39 is 0 Å². The molecule has 1 unspecified atom stereocenters. The monoisotopic (exact) mass is 387 g/mol. The number of nitrogens with two attached hydrogens (primary N) is 1. The highest BCUT2D eigenvalue weighted by atomic mass is 127. The summed E-state index contributed by atoms with van der Waals surface area (Å²) in [4.78, 5) is 0. The van der Waals surface area contributed by atoms with Gasteiger partial charge in [-0.05, 0) is 59.7 Å². The van der Waals surface area contributed by atoms with E-state index in [2.05, 4.69) is 47.6 Å². The molecule has 3 nitrogen and oxygen atoms in total. The normalized spacial score (nSPS) is 12.7. The lowest BCUT2D eigenvalue weighted by atomic mass is 10.0. The van der Waals surface area contributed by atoms with E-state index in [-0.39, 0.29) is 11.9 Å². The van der Waals surface area contributed by atoms with Crippen molar-refractivity contribution < 1.29 is 4.39 Å². The molecule has 0 aliphatic rings. The third kappa shape index (κ3) is 3.38. The highest BCUT2D eigenvalue weighted by Crippen LogP contribution is 2.23. The van der Waals surface area contributed by atoms with Crippen LogP contribution in [0.15, 0.2) is 24.3 Å². The summed E-state index contributed by atoms with van der Waals surface area (Å²) in [6.45, 7) is 5.00. The lowest BCUT2D eigenvalue weighted by Crippen LogP contribution is -2.17. The number of hydrogen-bond donors (Lipinski definition) is 1. The summed E-state index contributed by atoms with van der Waals surface area (Å²) >= 11 is 2.13. The first kappa shape index (κ1) is 15.4. The van der Waals surface area contributed by atoms with Crippen LogP contribution < -0.4 is 5.73 Å². The van der Waals surface area contributed by atoms with Crippen molar-refractivity contribution in [3.05, 3.63) is 50.6 Å². The number of aromatic nitrogens is 2. The SMILES string of the molecule is CCc1cc(CC(N)c2ccc(F)cc2I)n(CC)n1. The van der Waals surface area contributed by atoms with E-state index in [4.69, 9.17) is 5.73 Å². The second-order valence-corrected chi connectivity index (χ2v) is 5.93. The maximum atomic E-state index is 13.1.